The molecule has 0 aliphatic heterocycles. The number of para-hydroxylation sites is 1. The van der Waals surface area contributed by atoms with Gasteiger partial charge in [0.15, 0.2) is 0 Å². The van der Waals surface area contributed by atoms with Gasteiger partial charge in [-0.05, 0) is 13.0 Å². The molecule has 0 amide bonds. The van der Waals surface area contributed by atoms with Gasteiger partial charge in [-0.2, -0.15) is 0 Å². The number of aryl methyl sites for hydroxylation is 1. The van der Waals surface area contributed by atoms with Crippen LogP contribution in [0.15, 0.2) is 40.3 Å². The summed E-state index contributed by atoms with van der Waals surface area (Å²) in [7, 11) is 0. The third-order valence-electron chi connectivity index (χ3n) is 3.13. The summed E-state index contributed by atoms with van der Waals surface area (Å²) < 4.78 is 5.56. The second-order valence-electron chi connectivity index (χ2n) is 4.49. The molecule has 0 radical (unpaired) electrons. The number of nitrogens with zero attached hydrogens (tertiary/aromatic N) is 1. The van der Waals surface area contributed by atoms with E-state index < -0.39 is 0 Å². The van der Waals surface area contributed by atoms with Gasteiger partial charge in [0, 0.05) is 28.4 Å². The topological polar surface area (TPSA) is 64.1 Å². The molecule has 0 spiro atoms. The smallest absolute Gasteiger partial charge is 0.134 e. The third kappa shape index (κ3) is 2.40. The Balaban J connectivity index is 1.93. The molecule has 98 valence electrons. The maximum atomic E-state index is 5.69. The van der Waals surface area contributed by atoms with E-state index in [9.17, 15) is 0 Å². The SMILES string of the molecule is Cc1csc(CC(NN)c2coc3ccccc23)n1. The first-order chi connectivity index (χ1) is 9.28. The lowest BCUT2D eigenvalue weighted by Crippen LogP contribution is -2.29. The summed E-state index contributed by atoms with van der Waals surface area (Å²) in [5.74, 6) is 5.69. The zero-order valence-corrected chi connectivity index (χ0v) is 11.4. The van der Waals surface area contributed by atoms with Gasteiger partial charge in [0.1, 0.15) is 5.58 Å². The van der Waals surface area contributed by atoms with Crippen LogP contribution in [-0.4, -0.2) is 4.98 Å². The van der Waals surface area contributed by atoms with E-state index in [1.807, 2.05) is 31.2 Å². The van der Waals surface area contributed by atoms with Crippen molar-refractivity contribution < 1.29 is 4.42 Å². The van der Waals surface area contributed by atoms with Crippen LogP contribution in [0.5, 0.6) is 0 Å². The highest BCUT2D eigenvalue weighted by Crippen LogP contribution is 2.28. The van der Waals surface area contributed by atoms with Crippen molar-refractivity contribution >= 4 is 22.3 Å². The number of aromatic nitrogens is 1. The van der Waals surface area contributed by atoms with E-state index in [1.165, 1.54) is 0 Å². The van der Waals surface area contributed by atoms with Gasteiger partial charge in [-0.3, -0.25) is 11.3 Å². The minimum atomic E-state index is 0.00852. The predicted molar refractivity (Wildman–Crippen MR) is 76.8 cm³/mol. The highest BCUT2D eigenvalue weighted by Gasteiger charge is 2.17. The molecule has 3 N–H and O–H groups in total. The van der Waals surface area contributed by atoms with Crippen molar-refractivity contribution in [2.24, 2.45) is 5.84 Å². The Hall–Kier alpha value is -1.69. The van der Waals surface area contributed by atoms with Gasteiger partial charge in [0.2, 0.25) is 0 Å². The summed E-state index contributed by atoms with van der Waals surface area (Å²) in [4.78, 5) is 4.48. The molecule has 5 heteroatoms. The number of benzene rings is 1. The molecular weight excluding hydrogens is 258 g/mol. The van der Waals surface area contributed by atoms with Crippen molar-refractivity contribution in [3.63, 3.8) is 0 Å². The highest BCUT2D eigenvalue weighted by atomic mass is 32.1. The number of nitrogens with one attached hydrogen (secondary N) is 1. The Morgan fingerprint density at radius 1 is 1.42 bits per heavy atom. The quantitative estimate of drug-likeness (QED) is 0.566. The Bertz CT molecular complexity index is 689. The highest BCUT2D eigenvalue weighted by molar-refractivity contribution is 7.09. The van der Waals surface area contributed by atoms with Crippen molar-refractivity contribution in [3.05, 3.63) is 52.2 Å². The van der Waals surface area contributed by atoms with Gasteiger partial charge in [-0.1, -0.05) is 18.2 Å². The number of nitrogens with two attached hydrogens (primary N) is 1. The first kappa shape index (κ1) is 12.3. The standard InChI is InChI=1S/C14H15N3OS/c1-9-8-19-14(16-9)6-12(17-15)11-7-18-13-5-3-2-4-10(11)13/h2-5,7-8,12,17H,6,15H2,1H3. The molecule has 1 atom stereocenters. The fourth-order valence-electron chi connectivity index (χ4n) is 2.20. The summed E-state index contributed by atoms with van der Waals surface area (Å²) in [6, 6.07) is 7.98. The lowest BCUT2D eigenvalue weighted by atomic mass is 10.0. The zero-order valence-electron chi connectivity index (χ0n) is 10.6. The van der Waals surface area contributed by atoms with Crippen LogP contribution in [0.3, 0.4) is 0 Å². The molecule has 0 aliphatic carbocycles. The predicted octanol–water partition coefficient (Wildman–Crippen LogP) is 2.94. The van der Waals surface area contributed by atoms with Crippen LogP contribution in [0.25, 0.3) is 11.0 Å². The molecule has 1 unspecified atom stereocenters. The number of hydrazine groups is 1. The van der Waals surface area contributed by atoms with Gasteiger partial charge >= 0.3 is 0 Å². The molecule has 0 aliphatic rings. The molecule has 2 heterocycles. The fraction of sp³-hybridized carbons (Fsp3) is 0.214. The molecule has 2 aromatic heterocycles. The van der Waals surface area contributed by atoms with Crippen LogP contribution in [0, 0.1) is 6.92 Å². The van der Waals surface area contributed by atoms with E-state index in [-0.39, 0.29) is 6.04 Å². The normalized spacial score (nSPS) is 12.9. The van der Waals surface area contributed by atoms with E-state index >= 15 is 0 Å². The minimum Gasteiger partial charge on any atom is -0.464 e. The first-order valence-corrected chi connectivity index (χ1v) is 6.99. The summed E-state index contributed by atoms with van der Waals surface area (Å²) in [5.41, 5.74) is 5.87. The van der Waals surface area contributed by atoms with Gasteiger partial charge in [-0.25, -0.2) is 4.98 Å². The monoisotopic (exact) mass is 273 g/mol. The summed E-state index contributed by atoms with van der Waals surface area (Å²) in [6.07, 6.45) is 2.54. The molecule has 3 rings (SSSR count). The number of rotatable bonds is 4. The van der Waals surface area contributed by atoms with E-state index in [0.717, 1.165) is 33.7 Å². The average Bonchev–Trinajstić information content (AvgIpc) is 3.02. The zero-order chi connectivity index (χ0) is 13.2. The number of hydrogen-bond acceptors (Lipinski definition) is 5. The number of hydrogen-bond donors (Lipinski definition) is 2. The maximum Gasteiger partial charge on any atom is 0.134 e. The maximum absolute atomic E-state index is 5.69. The van der Waals surface area contributed by atoms with Crippen molar-refractivity contribution in [2.45, 2.75) is 19.4 Å². The van der Waals surface area contributed by atoms with Gasteiger partial charge in [-0.15, -0.1) is 11.3 Å². The Morgan fingerprint density at radius 3 is 3.00 bits per heavy atom. The number of thiazole rings is 1. The van der Waals surface area contributed by atoms with Crippen molar-refractivity contribution in [1.82, 2.24) is 10.4 Å². The molecule has 19 heavy (non-hydrogen) atoms. The second-order valence-corrected chi connectivity index (χ2v) is 5.44. The van der Waals surface area contributed by atoms with Crippen LogP contribution >= 0.6 is 11.3 Å². The molecule has 3 aromatic rings. The summed E-state index contributed by atoms with van der Waals surface area (Å²) in [5, 5.41) is 4.22. The van der Waals surface area contributed by atoms with Crippen LogP contribution in [0.1, 0.15) is 22.3 Å². The molecule has 0 bridgehead atoms. The lowest BCUT2D eigenvalue weighted by Gasteiger charge is -2.12. The fourth-order valence-corrected chi connectivity index (χ4v) is 3.02. The Kier molecular flexibility index (Phi) is 3.33. The lowest BCUT2D eigenvalue weighted by molar-refractivity contribution is 0.535. The van der Waals surface area contributed by atoms with Crippen molar-refractivity contribution in [3.8, 4) is 0 Å². The van der Waals surface area contributed by atoms with Gasteiger partial charge in [0.05, 0.1) is 17.3 Å². The Morgan fingerprint density at radius 2 is 2.26 bits per heavy atom. The molecule has 0 fully saturated rings. The van der Waals surface area contributed by atoms with Gasteiger partial charge in [0.25, 0.3) is 0 Å². The first-order valence-electron chi connectivity index (χ1n) is 6.11. The Labute approximate surface area is 115 Å². The van der Waals surface area contributed by atoms with Crippen molar-refractivity contribution in [2.75, 3.05) is 0 Å². The van der Waals surface area contributed by atoms with E-state index in [4.69, 9.17) is 10.3 Å². The van der Waals surface area contributed by atoms with Crippen LogP contribution in [0.2, 0.25) is 0 Å². The summed E-state index contributed by atoms with van der Waals surface area (Å²) in [6.45, 7) is 2.00. The molecule has 4 nitrogen and oxygen atoms in total. The summed E-state index contributed by atoms with van der Waals surface area (Å²) >= 11 is 1.66. The van der Waals surface area contributed by atoms with Crippen molar-refractivity contribution in [1.29, 1.82) is 0 Å². The van der Waals surface area contributed by atoms with E-state index in [1.54, 1.807) is 17.6 Å². The van der Waals surface area contributed by atoms with Gasteiger partial charge < -0.3 is 4.42 Å². The van der Waals surface area contributed by atoms with E-state index in [0.29, 0.717) is 0 Å². The second kappa shape index (κ2) is 5.13. The third-order valence-corrected chi connectivity index (χ3v) is 4.12. The number of furan rings is 1. The van der Waals surface area contributed by atoms with E-state index in [2.05, 4.69) is 15.8 Å². The average molecular weight is 273 g/mol. The largest absolute Gasteiger partial charge is 0.464 e. The molecule has 0 saturated carbocycles. The minimum absolute atomic E-state index is 0.00852. The number of fused-ring (bicyclic) bond motifs is 1. The van der Waals surface area contributed by atoms with Crippen LogP contribution < -0.4 is 11.3 Å². The molecular formula is C14H15N3OS. The molecule has 0 saturated heterocycles. The van der Waals surface area contributed by atoms with Crippen LogP contribution in [-0.2, 0) is 6.42 Å². The molecule has 1 aromatic carbocycles. The van der Waals surface area contributed by atoms with Crippen LogP contribution in [0.4, 0.5) is 0 Å².